The molecular weight excluding hydrogens is 319 g/mol. The van der Waals surface area contributed by atoms with Crippen molar-refractivity contribution in [3.63, 3.8) is 0 Å². The summed E-state index contributed by atoms with van der Waals surface area (Å²) in [5.74, 6) is -0.287. The van der Waals surface area contributed by atoms with Crippen molar-refractivity contribution in [1.82, 2.24) is 4.90 Å². The summed E-state index contributed by atoms with van der Waals surface area (Å²) in [4.78, 5) is 14.5. The molecule has 1 atom stereocenters. The molecule has 2 aromatic rings. The minimum absolute atomic E-state index is 0.0893. The van der Waals surface area contributed by atoms with Gasteiger partial charge in [0.15, 0.2) is 0 Å². The van der Waals surface area contributed by atoms with Crippen LogP contribution in [0.5, 0.6) is 0 Å². The van der Waals surface area contributed by atoms with Crippen molar-refractivity contribution >= 4 is 6.09 Å². The molecule has 1 aliphatic heterocycles. The third-order valence-electron chi connectivity index (χ3n) is 5.10. The van der Waals surface area contributed by atoms with Gasteiger partial charge >= 0.3 is 6.09 Å². The van der Waals surface area contributed by atoms with E-state index in [-0.39, 0.29) is 30.1 Å². The van der Waals surface area contributed by atoms with E-state index >= 15 is 0 Å². The molecule has 0 unspecified atom stereocenters. The highest BCUT2D eigenvalue weighted by Crippen LogP contribution is 2.36. The second-order valence-electron chi connectivity index (χ2n) is 6.83. The maximum atomic E-state index is 13.4. The number of fused-ring (bicyclic) bond motifs is 1. The van der Waals surface area contributed by atoms with Gasteiger partial charge in [0.25, 0.3) is 0 Å². The van der Waals surface area contributed by atoms with Gasteiger partial charge in [-0.25, -0.2) is 9.18 Å². The Morgan fingerprint density at radius 1 is 1.12 bits per heavy atom. The van der Waals surface area contributed by atoms with Crippen LogP contribution in [0.1, 0.15) is 35.6 Å². The first kappa shape index (κ1) is 16.1. The predicted octanol–water partition coefficient (Wildman–Crippen LogP) is 3.40. The first-order valence-electron chi connectivity index (χ1n) is 8.68. The molecule has 0 bridgehead atoms. The van der Waals surface area contributed by atoms with Crippen molar-refractivity contribution in [1.29, 1.82) is 0 Å². The van der Waals surface area contributed by atoms with Gasteiger partial charge in [-0.05, 0) is 48.1 Å². The lowest BCUT2D eigenvalue weighted by Gasteiger charge is -2.39. The Morgan fingerprint density at radius 2 is 1.84 bits per heavy atom. The van der Waals surface area contributed by atoms with Crippen LogP contribution >= 0.6 is 0 Å². The third kappa shape index (κ3) is 3.12. The molecule has 2 aromatic carbocycles. The van der Waals surface area contributed by atoms with Crippen LogP contribution in [0.3, 0.4) is 0 Å². The van der Waals surface area contributed by atoms with Gasteiger partial charge in [0.05, 0.1) is 6.04 Å². The van der Waals surface area contributed by atoms with Crippen LogP contribution in [0.25, 0.3) is 0 Å². The van der Waals surface area contributed by atoms with E-state index in [1.807, 2.05) is 18.2 Å². The smallest absolute Gasteiger partial charge is 0.410 e. The van der Waals surface area contributed by atoms with E-state index < -0.39 is 0 Å². The van der Waals surface area contributed by atoms with E-state index in [1.54, 1.807) is 17.0 Å². The van der Waals surface area contributed by atoms with E-state index in [0.717, 1.165) is 30.4 Å². The summed E-state index contributed by atoms with van der Waals surface area (Å²) >= 11 is 0. The van der Waals surface area contributed by atoms with Crippen molar-refractivity contribution in [3.05, 3.63) is 71.0 Å². The van der Waals surface area contributed by atoms with E-state index in [2.05, 4.69) is 6.07 Å². The number of amides is 1. The van der Waals surface area contributed by atoms with Gasteiger partial charge in [0.2, 0.25) is 0 Å². The molecule has 1 saturated carbocycles. The molecule has 4 rings (SSSR count). The first-order chi connectivity index (χ1) is 12.1. The number of ether oxygens (including phenoxy) is 1. The summed E-state index contributed by atoms with van der Waals surface area (Å²) in [6.07, 6.45) is 1.82. The molecule has 0 spiro atoms. The Labute approximate surface area is 146 Å². The van der Waals surface area contributed by atoms with Crippen LogP contribution in [0.15, 0.2) is 48.5 Å². The summed E-state index contributed by atoms with van der Waals surface area (Å²) in [5, 5.41) is 0. The maximum Gasteiger partial charge on any atom is 0.410 e. The zero-order valence-electron chi connectivity index (χ0n) is 13.9. The van der Waals surface area contributed by atoms with Crippen molar-refractivity contribution in [2.75, 3.05) is 6.54 Å². The van der Waals surface area contributed by atoms with E-state index in [0.29, 0.717) is 6.54 Å². The molecule has 2 aliphatic rings. The number of halogens is 1. The molecule has 4 nitrogen and oxygen atoms in total. The number of hydrogen-bond acceptors (Lipinski definition) is 3. The molecule has 25 heavy (non-hydrogen) atoms. The van der Waals surface area contributed by atoms with Gasteiger partial charge in [-0.2, -0.15) is 0 Å². The largest absolute Gasteiger partial charge is 0.446 e. The molecule has 1 aliphatic carbocycles. The molecule has 1 heterocycles. The minimum atomic E-state index is -0.319. The monoisotopic (exact) mass is 340 g/mol. The standard InChI is InChI=1S/C20H21FN2O2/c21-15-7-5-14(6-8-15)19-18-4-2-1-3-13(18)9-10-23(19)20(24)25-17-11-16(22)12-17/h1-8,16-17,19H,9-12,22H2/t16-,17+,19-/m0/s1. The zero-order valence-corrected chi connectivity index (χ0v) is 13.9. The van der Waals surface area contributed by atoms with Gasteiger partial charge in [-0.15, -0.1) is 0 Å². The Hall–Kier alpha value is -2.40. The fourth-order valence-corrected chi connectivity index (χ4v) is 3.68. The number of nitrogens with zero attached hydrogens (tertiary/aromatic N) is 1. The van der Waals surface area contributed by atoms with Crippen molar-refractivity contribution in [2.24, 2.45) is 5.73 Å². The number of rotatable bonds is 2. The van der Waals surface area contributed by atoms with Crippen molar-refractivity contribution in [3.8, 4) is 0 Å². The molecule has 0 saturated heterocycles. The highest BCUT2D eigenvalue weighted by molar-refractivity contribution is 5.70. The van der Waals surface area contributed by atoms with Gasteiger partial charge < -0.3 is 10.5 Å². The Bertz CT molecular complexity index is 772. The number of hydrogen-bond donors (Lipinski definition) is 1. The van der Waals surface area contributed by atoms with Crippen LogP contribution in [0.4, 0.5) is 9.18 Å². The maximum absolute atomic E-state index is 13.4. The second kappa shape index (κ2) is 6.48. The van der Waals surface area contributed by atoms with Crippen molar-refractivity contribution in [2.45, 2.75) is 37.5 Å². The van der Waals surface area contributed by atoms with Crippen LogP contribution in [0, 0.1) is 5.82 Å². The van der Waals surface area contributed by atoms with Crippen LogP contribution in [0.2, 0.25) is 0 Å². The molecule has 1 amide bonds. The number of carbonyl (C=O) groups is 1. The summed E-state index contributed by atoms with van der Waals surface area (Å²) < 4.78 is 19.0. The molecule has 2 N–H and O–H groups in total. The topological polar surface area (TPSA) is 55.6 Å². The lowest BCUT2D eigenvalue weighted by Crippen LogP contribution is -2.47. The number of benzene rings is 2. The highest BCUT2D eigenvalue weighted by Gasteiger charge is 2.36. The van der Waals surface area contributed by atoms with E-state index in [1.165, 1.54) is 17.7 Å². The van der Waals surface area contributed by atoms with Gasteiger partial charge in [-0.3, -0.25) is 4.90 Å². The quantitative estimate of drug-likeness (QED) is 0.912. The molecular formula is C20H21FN2O2. The molecule has 5 heteroatoms. The molecule has 0 aromatic heterocycles. The average molecular weight is 340 g/mol. The average Bonchev–Trinajstić information content (AvgIpc) is 2.60. The Kier molecular flexibility index (Phi) is 4.17. The summed E-state index contributed by atoms with van der Waals surface area (Å²) in [7, 11) is 0. The lowest BCUT2D eigenvalue weighted by atomic mass is 9.88. The minimum Gasteiger partial charge on any atom is -0.446 e. The second-order valence-corrected chi connectivity index (χ2v) is 6.83. The van der Waals surface area contributed by atoms with Crippen LogP contribution < -0.4 is 5.73 Å². The Balaban J connectivity index is 1.65. The SMILES string of the molecule is N[C@H]1C[C@@H](OC(=O)N2CCc3ccccc3[C@@H]2c2ccc(F)cc2)C1. The summed E-state index contributed by atoms with van der Waals surface area (Å²) in [5.41, 5.74) is 8.95. The summed E-state index contributed by atoms with van der Waals surface area (Å²) in [6.45, 7) is 0.580. The molecule has 0 radical (unpaired) electrons. The molecule has 130 valence electrons. The fourth-order valence-electron chi connectivity index (χ4n) is 3.68. The van der Waals surface area contributed by atoms with E-state index in [4.69, 9.17) is 10.5 Å². The highest BCUT2D eigenvalue weighted by atomic mass is 19.1. The number of carbonyl (C=O) groups excluding carboxylic acids is 1. The van der Waals surface area contributed by atoms with E-state index in [9.17, 15) is 9.18 Å². The first-order valence-corrected chi connectivity index (χ1v) is 8.68. The predicted molar refractivity (Wildman–Crippen MR) is 92.6 cm³/mol. The summed E-state index contributed by atoms with van der Waals surface area (Å²) in [6, 6.07) is 14.3. The van der Waals surface area contributed by atoms with Crippen molar-refractivity contribution < 1.29 is 13.9 Å². The number of nitrogens with two attached hydrogens (primary N) is 1. The lowest BCUT2D eigenvalue weighted by molar-refractivity contribution is 0.0119. The Morgan fingerprint density at radius 3 is 2.56 bits per heavy atom. The van der Waals surface area contributed by atoms with Crippen LogP contribution in [-0.2, 0) is 11.2 Å². The zero-order chi connectivity index (χ0) is 17.4. The van der Waals surface area contributed by atoms with Gasteiger partial charge in [0, 0.05) is 12.6 Å². The van der Waals surface area contributed by atoms with Gasteiger partial charge in [0.1, 0.15) is 11.9 Å². The normalized spacial score (nSPS) is 25.0. The van der Waals surface area contributed by atoms with Gasteiger partial charge in [-0.1, -0.05) is 36.4 Å². The molecule has 1 fully saturated rings. The third-order valence-corrected chi connectivity index (χ3v) is 5.10. The fraction of sp³-hybridized carbons (Fsp3) is 0.350. The van der Waals surface area contributed by atoms with Crippen LogP contribution in [-0.4, -0.2) is 29.7 Å².